The maximum absolute atomic E-state index is 11.0. The lowest BCUT2D eigenvalue weighted by Gasteiger charge is -2.10. The fourth-order valence-corrected chi connectivity index (χ4v) is 3.41. The molecule has 0 fully saturated rings. The van der Waals surface area contributed by atoms with Crippen molar-refractivity contribution in [2.45, 2.75) is 26.3 Å². The monoisotopic (exact) mass is 408 g/mol. The lowest BCUT2D eigenvalue weighted by Crippen LogP contribution is -2.11. The average molecular weight is 409 g/mol. The van der Waals surface area contributed by atoms with Crippen molar-refractivity contribution >= 4 is 45.7 Å². The van der Waals surface area contributed by atoms with Gasteiger partial charge in [0, 0.05) is 28.8 Å². The van der Waals surface area contributed by atoms with Crippen LogP contribution in [0.2, 0.25) is 5.02 Å². The summed E-state index contributed by atoms with van der Waals surface area (Å²) in [4.78, 5) is 28.8. The SMILES string of the molecule is CCC1N=C(Nc2nc(-c3ccc([N+](=O)[O-])cc3Cl)nc3ccccc23)N=C1C. The zero-order valence-electron chi connectivity index (χ0n) is 15.8. The second-order valence-corrected chi connectivity index (χ2v) is 7.00. The number of para-hydroxylation sites is 1. The molecule has 4 rings (SSSR count). The number of nitro benzene ring substituents is 1. The van der Waals surface area contributed by atoms with Gasteiger partial charge in [-0.2, -0.15) is 0 Å². The molecule has 1 aliphatic rings. The van der Waals surface area contributed by atoms with Gasteiger partial charge in [0.05, 0.1) is 21.5 Å². The van der Waals surface area contributed by atoms with Crippen LogP contribution in [-0.4, -0.2) is 32.6 Å². The number of aliphatic imine (C=N–C) groups is 2. The third-order valence-corrected chi connectivity index (χ3v) is 4.98. The number of non-ortho nitro benzene ring substituents is 1. The zero-order chi connectivity index (χ0) is 20.5. The molecule has 1 aliphatic heterocycles. The van der Waals surface area contributed by atoms with Crippen molar-refractivity contribution < 1.29 is 4.92 Å². The molecular weight excluding hydrogens is 392 g/mol. The van der Waals surface area contributed by atoms with Crippen molar-refractivity contribution in [3.63, 3.8) is 0 Å². The highest BCUT2D eigenvalue weighted by atomic mass is 35.5. The third-order valence-electron chi connectivity index (χ3n) is 4.67. The summed E-state index contributed by atoms with van der Waals surface area (Å²) in [6, 6.07) is 11.8. The van der Waals surface area contributed by atoms with Gasteiger partial charge in [-0.1, -0.05) is 30.7 Å². The number of nitrogens with zero attached hydrogens (tertiary/aromatic N) is 5. The molecule has 0 spiro atoms. The van der Waals surface area contributed by atoms with Crippen molar-refractivity contribution in [1.29, 1.82) is 0 Å². The van der Waals surface area contributed by atoms with Crippen LogP contribution in [0.5, 0.6) is 0 Å². The topological polar surface area (TPSA) is 106 Å². The number of rotatable bonds is 4. The number of hydrogen-bond donors (Lipinski definition) is 1. The van der Waals surface area contributed by atoms with Gasteiger partial charge in [-0.15, -0.1) is 0 Å². The molecule has 146 valence electrons. The molecule has 0 amide bonds. The zero-order valence-corrected chi connectivity index (χ0v) is 16.5. The molecule has 0 radical (unpaired) electrons. The number of fused-ring (bicyclic) bond motifs is 1. The first kappa shape index (κ1) is 18.9. The van der Waals surface area contributed by atoms with Gasteiger partial charge in [-0.25, -0.2) is 20.0 Å². The quantitative estimate of drug-likeness (QED) is 0.489. The van der Waals surface area contributed by atoms with Crippen LogP contribution >= 0.6 is 11.6 Å². The number of guanidine groups is 1. The molecule has 2 heterocycles. The van der Waals surface area contributed by atoms with Crippen LogP contribution < -0.4 is 5.32 Å². The van der Waals surface area contributed by atoms with E-state index in [-0.39, 0.29) is 16.8 Å². The van der Waals surface area contributed by atoms with Crippen molar-refractivity contribution in [3.05, 3.63) is 57.6 Å². The van der Waals surface area contributed by atoms with E-state index in [2.05, 4.69) is 32.2 Å². The summed E-state index contributed by atoms with van der Waals surface area (Å²) >= 11 is 6.29. The fourth-order valence-electron chi connectivity index (χ4n) is 3.16. The maximum Gasteiger partial charge on any atom is 0.270 e. The second kappa shape index (κ2) is 7.56. The first-order valence-corrected chi connectivity index (χ1v) is 9.45. The number of aromatic nitrogens is 2. The summed E-state index contributed by atoms with van der Waals surface area (Å²) in [6.45, 7) is 4.01. The number of halogens is 1. The van der Waals surface area contributed by atoms with Crippen LogP contribution in [0, 0.1) is 10.1 Å². The largest absolute Gasteiger partial charge is 0.308 e. The van der Waals surface area contributed by atoms with Gasteiger partial charge in [-0.3, -0.25) is 10.1 Å². The Balaban J connectivity index is 1.81. The van der Waals surface area contributed by atoms with Crippen LogP contribution in [-0.2, 0) is 0 Å². The van der Waals surface area contributed by atoms with E-state index in [1.807, 2.05) is 31.2 Å². The van der Waals surface area contributed by atoms with Gasteiger partial charge in [0.15, 0.2) is 5.82 Å². The van der Waals surface area contributed by atoms with E-state index in [4.69, 9.17) is 11.6 Å². The summed E-state index contributed by atoms with van der Waals surface area (Å²) in [6.07, 6.45) is 0.870. The molecule has 1 atom stereocenters. The minimum Gasteiger partial charge on any atom is -0.308 e. The van der Waals surface area contributed by atoms with Crippen molar-refractivity contribution in [1.82, 2.24) is 9.97 Å². The van der Waals surface area contributed by atoms with Gasteiger partial charge in [-0.05, 0) is 31.5 Å². The number of benzene rings is 2. The Morgan fingerprint density at radius 2 is 2.00 bits per heavy atom. The molecule has 29 heavy (non-hydrogen) atoms. The molecule has 0 saturated heterocycles. The van der Waals surface area contributed by atoms with E-state index in [0.29, 0.717) is 28.7 Å². The Bertz CT molecular complexity index is 1190. The van der Waals surface area contributed by atoms with Crippen LogP contribution in [0.25, 0.3) is 22.3 Å². The van der Waals surface area contributed by atoms with Gasteiger partial charge >= 0.3 is 0 Å². The molecule has 0 bridgehead atoms. The Morgan fingerprint density at radius 1 is 1.21 bits per heavy atom. The van der Waals surface area contributed by atoms with Gasteiger partial charge in [0.2, 0.25) is 5.96 Å². The molecule has 9 heteroatoms. The van der Waals surface area contributed by atoms with Gasteiger partial charge in [0.1, 0.15) is 5.82 Å². The summed E-state index contributed by atoms with van der Waals surface area (Å²) in [7, 11) is 0. The molecule has 1 N–H and O–H groups in total. The van der Waals surface area contributed by atoms with E-state index in [1.54, 1.807) is 6.07 Å². The lowest BCUT2D eigenvalue weighted by molar-refractivity contribution is -0.384. The highest BCUT2D eigenvalue weighted by Crippen LogP contribution is 2.32. The second-order valence-electron chi connectivity index (χ2n) is 6.59. The van der Waals surface area contributed by atoms with Gasteiger partial charge < -0.3 is 5.32 Å². The smallest absolute Gasteiger partial charge is 0.270 e. The van der Waals surface area contributed by atoms with Crippen LogP contribution in [0.1, 0.15) is 20.3 Å². The Labute approximate surface area is 171 Å². The van der Waals surface area contributed by atoms with E-state index in [9.17, 15) is 10.1 Å². The summed E-state index contributed by atoms with van der Waals surface area (Å²) in [5, 5.41) is 15.2. The molecule has 1 aromatic heterocycles. The molecule has 3 aromatic rings. The van der Waals surface area contributed by atoms with Gasteiger partial charge in [0.25, 0.3) is 5.69 Å². The summed E-state index contributed by atoms with van der Waals surface area (Å²) in [5.74, 6) is 1.41. The molecule has 2 aromatic carbocycles. The summed E-state index contributed by atoms with van der Waals surface area (Å²) < 4.78 is 0. The van der Waals surface area contributed by atoms with Crippen molar-refractivity contribution in [2.24, 2.45) is 9.98 Å². The number of hydrogen-bond acceptors (Lipinski definition) is 7. The highest BCUT2D eigenvalue weighted by molar-refractivity contribution is 6.33. The lowest BCUT2D eigenvalue weighted by atomic mass is 10.1. The molecule has 8 nitrogen and oxygen atoms in total. The molecular formula is C20H17ClN6O2. The van der Waals surface area contributed by atoms with E-state index in [1.165, 1.54) is 12.1 Å². The minimum absolute atomic E-state index is 0.0641. The van der Waals surface area contributed by atoms with Crippen molar-refractivity contribution in [2.75, 3.05) is 5.32 Å². The highest BCUT2D eigenvalue weighted by Gasteiger charge is 2.20. The number of nitrogens with one attached hydrogen (secondary N) is 1. The predicted molar refractivity (Wildman–Crippen MR) is 115 cm³/mol. The van der Waals surface area contributed by atoms with E-state index >= 15 is 0 Å². The minimum atomic E-state index is -0.493. The van der Waals surface area contributed by atoms with Crippen molar-refractivity contribution in [3.8, 4) is 11.4 Å². The first-order chi connectivity index (χ1) is 14.0. The van der Waals surface area contributed by atoms with E-state index < -0.39 is 4.92 Å². The molecule has 0 aliphatic carbocycles. The number of anilines is 1. The van der Waals surface area contributed by atoms with Crippen LogP contribution in [0.15, 0.2) is 52.4 Å². The first-order valence-electron chi connectivity index (χ1n) is 9.07. The molecule has 0 saturated carbocycles. The third kappa shape index (κ3) is 3.66. The Hall–Kier alpha value is -3.39. The standard InChI is InChI=1S/C20H17ClN6O2/c1-3-16-11(2)22-20(24-16)26-19-14-6-4-5-7-17(14)23-18(25-19)13-9-8-12(27(28)29)10-15(13)21/h4-10,16H,3H2,1-2H3,(H,23,24,25,26). The van der Waals surface area contributed by atoms with Crippen LogP contribution in [0.4, 0.5) is 11.5 Å². The summed E-state index contributed by atoms with van der Waals surface area (Å²) in [5.41, 5.74) is 2.08. The van der Waals surface area contributed by atoms with E-state index in [0.717, 1.165) is 17.5 Å². The average Bonchev–Trinajstić information content (AvgIpc) is 3.06. The Kier molecular flexibility index (Phi) is 4.94. The predicted octanol–water partition coefficient (Wildman–Crippen LogP) is 4.88. The van der Waals surface area contributed by atoms with Crippen LogP contribution in [0.3, 0.4) is 0 Å². The normalized spacial score (nSPS) is 15.9. The molecule has 1 unspecified atom stereocenters. The maximum atomic E-state index is 11.0. The Morgan fingerprint density at radius 3 is 2.69 bits per heavy atom. The number of nitro groups is 1. The fraction of sp³-hybridized carbons (Fsp3) is 0.200.